The Morgan fingerprint density at radius 2 is 1.16 bits per heavy atom. The summed E-state index contributed by atoms with van der Waals surface area (Å²) in [7, 11) is 0. The van der Waals surface area contributed by atoms with Crippen molar-refractivity contribution in [1.82, 2.24) is 0 Å². The molecule has 51 heavy (non-hydrogen) atoms. The van der Waals surface area contributed by atoms with E-state index in [4.69, 9.17) is 0 Å². The third-order valence-electron chi connectivity index (χ3n) is 12.1. The third kappa shape index (κ3) is 8.33. The van der Waals surface area contributed by atoms with Crippen molar-refractivity contribution in [1.29, 1.82) is 0 Å². The van der Waals surface area contributed by atoms with Gasteiger partial charge in [0.25, 0.3) is 0 Å². The number of halogens is 2. The average Bonchev–Trinajstić information content (AvgIpc) is 3.71. The second kappa shape index (κ2) is 18.2. The summed E-state index contributed by atoms with van der Waals surface area (Å²) in [5.41, 5.74) is 18.3. The minimum absolute atomic E-state index is 0. The van der Waals surface area contributed by atoms with E-state index in [9.17, 15) is 0 Å². The van der Waals surface area contributed by atoms with Crippen LogP contribution in [0.25, 0.3) is 34.4 Å². The van der Waals surface area contributed by atoms with E-state index in [0.717, 1.165) is 12.3 Å². The summed E-state index contributed by atoms with van der Waals surface area (Å²) in [6, 6.07) is 33.7. The molecule has 0 nitrogen and oxygen atoms in total. The van der Waals surface area contributed by atoms with Crippen LogP contribution in [0.4, 0.5) is 0 Å². The van der Waals surface area contributed by atoms with Gasteiger partial charge < -0.3 is 24.8 Å². The normalized spacial score (nSPS) is 19.1. The van der Waals surface area contributed by atoms with Crippen LogP contribution < -0.4 is 24.8 Å². The van der Waals surface area contributed by atoms with Crippen LogP contribution in [0, 0.1) is 5.92 Å². The first-order valence-electron chi connectivity index (χ1n) is 19.6. The van der Waals surface area contributed by atoms with Crippen LogP contribution in [0.3, 0.4) is 0 Å². The molecule has 4 aromatic carbocycles. The molecule has 3 aliphatic rings. The first kappa shape index (κ1) is 40.0. The van der Waals surface area contributed by atoms with E-state index in [1.165, 1.54) is 96.7 Å². The van der Waals surface area contributed by atoms with Crippen LogP contribution in [0.15, 0.2) is 96.1 Å². The summed E-state index contributed by atoms with van der Waals surface area (Å²) in [5, 5.41) is 0. The molecule has 0 aromatic heterocycles. The Morgan fingerprint density at radius 3 is 1.75 bits per heavy atom. The molecule has 0 heterocycles. The van der Waals surface area contributed by atoms with Crippen LogP contribution in [-0.4, -0.2) is 0 Å². The minimum atomic E-state index is -0.981. The van der Waals surface area contributed by atoms with Crippen molar-refractivity contribution >= 4 is 12.2 Å². The fourth-order valence-corrected chi connectivity index (χ4v) is 14.8. The molecule has 0 spiro atoms. The zero-order valence-electron chi connectivity index (χ0n) is 31.5. The van der Waals surface area contributed by atoms with Gasteiger partial charge in [-0.15, -0.1) is 0 Å². The van der Waals surface area contributed by atoms with E-state index in [1.54, 1.807) is 27.8 Å². The predicted molar refractivity (Wildman–Crippen MR) is 209 cm³/mol. The van der Waals surface area contributed by atoms with Crippen LogP contribution in [0.5, 0.6) is 0 Å². The van der Waals surface area contributed by atoms with Gasteiger partial charge >= 0.3 is 311 Å². The van der Waals surface area contributed by atoms with Crippen molar-refractivity contribution in [2.75, 3.05) is 0 Å². The summed E-state index contributed by atoms with van der Waals surface area (Å²) >= 11 is -0.981. The number of hydrogen-bond acceptors (Lipinski definition) is 0. The maximum Gasteiger partial charge on any atom is -1.00 e. The van der Waals surface area contributed by atoms with Gasteiger partial charge in [-0.3, -0.25) is 0 Å². The van der Waals surface area contributed by atoms with Gasteiger partial charge in [0.2, 0.25) is 0 Å². The van der Waals surface area contributed by atoms with Crippen LogP contribution >= 0.6 is 0 Å². The van der Waals surface area contributed by atoms with E-state index in [1.807, 2.05) is 0 Å². The van der Waals surface area contributed by atoms with E-state index in [-0.39, 0.29) is 24.8 Å². The SMILES string of the molecule is CCCC(C)C1=Cc2c(-c3ccc(C4CCCCC4)cc3)cccc2[CH]1[Zr+2][CH]1C(CC)=Cc2c(-c3ccc(C(C)CCC)cc3)cccc21.[Cl-].[Cl-]. The molecule has 3 heteroatoms. The van der Waals surface area contributed by atoms with Gasteiger partial charge in [0, 0.05) is 0 Å². The Hall–Kier alpha value is -2.18. The van der Waals surface area contributed by atoms with Crippen molar-refractivity contribution in [2.24, 2.45) is 5.92 Å². The Kier molecular flexibility index (Phi) is 14.3. The molecule has 4 aromatic rings. The largest absolute Gasteiger partial charge is 1.00 e. The quantitative estimate of drug-likeness (QED) is 0.135. The molecule has 0 N–H and O–H groups in total. The maximum absolute atomic E-state index is 2.66. The van der Waals surface area contributed by atoms with Gasteiger partial charge in [-0.1, -0.05) is 0 Å². The number of rotatable bonds is 12. The molecular weight excluding hydrogens is 739 g/mol. The maximum atomic E-state index is 2.66. The van der Waals surface area contributed by atoms with Crippen molar-refractivity contribution in [3.8, 4) is 22.3 Å². The monoisotopic (exact) mass is 792 g/mol. The summed E-state index contributed by atoms with van der Waals surface area (Å²) in [6.07, 6.45) is 18.3. The standard InChI is InChI=1S/C26H31.C22H25.2ClH.Zr/c1-3-8-19(2)24-17-23-11-7-12-25(26(23)18-24)22-15-13-21(14-16-22)20-9-5-4-6-10-20;1-4-7-16(3)18-10-12-19(13-11-18)21-9-6-8-20-14-17(5-2)15-22(20)21;;;/h7,11-20H,3-6,8-10H2,1-2H3;6,8-16H,4-5,7H2,1-3H3;2*1H;/q;;;;+2/p-2. The number of benzene rings is 4. The van der Waals surface area contributed by atoms with Crippen molar-refractivity contribution in [3.63, 3.8) is 0 Å². The van der Waals surface area contributed by atoms with E-state index in [0.29, 0.717) is 19.1 Å². The molecule has 0 amide bonds. The zero-order chi connectivity index (χ0) is 33.9. The Labute approximate surface area is 333 Å². The van der Waals surface area contributed by atoms with E-state index in [2.05, 4.69) is 132 Å². The van der Waals surface area contributed by atoms with Crippen LogP contribution in [-0.2, 0) is 23.2 Å². The predicted octanol–water partition coefficient (Wildman–Crippen LogP) is 8.49. The molecular formula is C48H56Cl2Zr. The van der Waals surface area contributed by atoms with Gasteiger partial charge in [-0.2, -0.15) is 0 Å². The Balaban J connectivity index is 0.00000252. The van der Waals surface area contributed by atoms with Gasteiger partial charge in [0.1, 0.15) is 0 Å². The Morgan fingerprint density at radius 1 is 0.608 bits per heavy atom. The van der Waals surface area contributed by atoms with Crippen LogP contribution in [0.2, 0.25) is 0 Å². The van der Waals surface area contributed by atoms with Crippen molar-refractivity contribution < 1.29 is 48.0 Å². The van der Waals surface area contributed by atoms with Gasteiger partial charge in [-0.25, -0.2) is 0 Å². The zero-order valence-corrected chi connectivity index (χ0v) is 35.4. The molecule has 7 rings (SSSR count). The smallest absolute Gasteiger partial charge is 1.00 e. The third-order valence-corrected chi connectivity index (χ3v) is 17.0. The molecule has 0 aliphatic heterocycles. The first-order chi connectivity index (χ1) is 24.0. The molecule has 4 atom stereocenters. The second-order valence-electron chi connectivity index (χ2n) is 15.3. The van der Waals surface area contributed by atoms with Gasteiger partial charge in [0.05, 0.1) is 0 Å². The minimum Gasteiger partial charge on any atom is -1.00 e. The summed E-state index contributed by atoms with van der Waals surface area (Å²) in [5.74, 6) is 2.00. The fourth-order valence-electron chi connectivity index (χ4n) is 9.24. The Bertz CT molecular complexity index is 1810. The second-order valence-corrected chi connectivity index (χ2v) is 19.0. The van der Waals surface area contributed by atoms with Crippen molar-refractivity contribution in [2.45, 2.75) is 118 Å². The fraction of sp³-hybridized carbons (Fsp3) is 0.417. The summed E-state index contributed by atoms with van der Waals surface area (Å²) in [6.45, 7) is 11.9. The van der Waals surface area contributed by atoms with E-state index >= 15 is 0 Å². The van der Waals surface area contributed by atoms with Gasteiger partial charge in [-0.05, 0) is 0 Å². The molecule has 0 radical (unpaired) electrons. The molecule has 4 unspecified atom stereocenters. The van der Waals surface area contributed by atoms with E-state index < -0.39 is 23.2 Å². The number of hydrogen-bond donors (Lipinski definition) is 0. The molecule has 0 saturated heterocycles. The molecule has 266 valence electrons. The molecule has 1 fully saturated rings. The number of allylic oxidation sites excluding steroid dienone is 2. The average molecular weight is 795 g/mol. The van der Waals surface area contributed by atoms with Gasteiger partial charge in [0.15, 0.2) is 0 Å². The first-order valence-corrected chi connectivity index (χ1v) is 22.5. The topological polar surface area (TPSA) is 0 Å². The molecule has 0 bridgehead atoms. The summed E-state index contributed by atoms with van der Waals surface area (Å²) < 4.78 is 1.24. The summed E-state index contributed by atoms with van der Waals surface area (Å²) in [4.78, 5) is 0. The number of fused-ring (bicyclic) bond motifs is 2. The molecule has 1 saturated carbocycles. The molecule has 3 aliphatic carbocycles. The van der Waals surface area contributed by atoms with Crippen LogP contribution in [0.1, 0.15) is 151 Å². The van der Waals surface area contributed by atoms with Crippen molar-refractivity contribution in [3.05, 3.63) is 129 Å².